The van der Waals surface area contributed by atoms with Crippen molar-refractivity contribution >= 4 is 11.9 Å². The average Bonchev–Trinajstić information content (AvgIpc) is 2.79. The first-order chi connectivity index (χ1) is 15.6. The van der Waals surface area contributed by atoms with Crippen molar-refractivity contribution in [2.75, 3.05) is 6.61 Å². The van der Waals surface area contributed by atoms with Crippen molar-refractivity contribution in [1.29, 1.82) is 0 Å². The first-order valence-electron chi connectivity index (χ1n) is 13.7. The summed E-state index contributed by atoms with van der Waals surface area (Å²) in [4.78, 5) is 22.8. The highest BCUT2D eigenvalue weighted by molar-refractivity contribution is 5.88. The summed E-state index contributed by atoms with van der Waals surface area (Å²) in [5.74, 6) is -1.39. The van der Waals surface area contributed by atoms with E-state index in [4.69, 9.17) is 10.8 Å². The highest BCUT2D eigenvalue weighted by atomic mass is 16.6. The fourth-order valence-electron chi connectivity index (χ4n) is 4.01. The van der Waals surface area contributed by atoms with Gasteiger partial charge in [-0.25, -0.2) is 4.79 Å². The van der Waals surface area contributed by atoms with E-state index >= 15 is 0 Å². The summed E-state index contributed by atoms with van der Waals surface area (Å²) < 4.78 is 4.58. The van der Waals surface area contributed by atoms with Gasteiger partial charge >= 0.3 is 11.9 Å². The van der Waals surface area contributed by atoms with Crippen LogP contribution in [0.5, 0.6) is 0 Å². The van der Waals surface area contributed by atoms with Gasteiger partial charge in [-0.05, 0) is 6.42 Å². The maximum atomic E-state index is 11.5. The molecule has 0 bridgehead atoms. The molecule has 32 heavy (non-hydrogen) atoms. The quantitative estimate of drug-likeness (QED) is 0.0931. The highest BCUT2D eigenvalue weighted by Crippen LogP contribution is 2.15. The third-order valence-electron chi connectivity index (χ3n) is 6.20. The van der Waals surface area contributed by atoms with Crippen LogP contribution in [0.2, 0.25) is 0 Å². The predicted molar refractivity (Wildman–Crippen MR) is 133 cm³/mol. The highest BCUT2D eigenvalue weighted by Gasteiger charge is 2.17. The Balaban J connectivity index is 3.18. The molecule has 0 radical (unpaired) electrons. The van der Waals surface area contributed by atoms with Crippen molar-refractivity contribution < 1.29 is 19.4 Å². The first kappa shape index (κ1) is 31.1. The number of aliphatic hydroxyl groups is 1. The number of esters is 2. The number of carbonyl (C=O) groups is 2. The van der Waals surface area contributed by atoms with E-state index < -0.39 is 24.6 Å². The van der Waals surface area contributed by atoms with Crippen molar-refractivity contribution in [2.24, 2.45) is 5.73 Å². The Morgan fingerprint density at radius 1 is 0.625 bits per heavy atom. The summed E-state index contributed by atoms with van der Waals surface area (Å²) in [6, 6.07) is -1.13. The maximum Gasteiger partial charge on any atom is 0.332 e. The van der Waals surface area contributed by atoms with Crippen LogP contribution in [0.15, 0.2) is 0 Å². The van der Waals surface area contributed by atoms with E-state index in [1.54, 1.807) is 0 Å². The second-order valence-electron chi connectivity index (χ2n) is 9.40. The Bertz CT molecular complexity index is 428. The molecule has 0 aromatic carbocycles. The summed E-state index contributed by atoms with van der Waals surface area (Å²) >= 11 is 0. The molecule has 0 aromatic heterocycles. The van der Waals surface area contributed by atoms with Crippen molar-refractivity contribution in [3.8, 4) is 0 Å². The first-order valence-corrected chi connectivity index (χ1v) is 13.7. The largest absolute Gasteiger partial charge is 0.394 e. The molecule has 1 unspecified atom stereocenters. The molecule has 5 nitrogen and oxygen atoms in total. The van der Waals surface area contributed by atoms with Gasteiger partial charge in [0, 0.05) is 6.42 Å². The SMILES string of the molecule is CCCCCCCCCCCCCCCCCCCCCCCC(=O)OC(=O)C(N)CO. The molecule has 5 heteroatoms. The topological polar surface area (TPSA) is 89.6 Å². The molecule has 0 aromatic rings. The van der Waals surface area contributed by atoms with Crippen LogP contribution in [0.1, 0.15) is 148 Å². The van der Waals surface area contributed by atoms with Gasteiger partial charge < -0.3 is 15.6 Å². The summed E-state index contributed by atoms with van der Waals surface area (Å²) in [6.45, 7) is 1.77. The number of rotatable bonds is 24. The van der Waals surface area contributed by atoms with Gasteiger partial charge in [-0.2, -0.15) is 0 Å². The molecular weight excluding hydrogens is 402 g/mol. The molecule has 0 fully saturated rings. The fourth-order valence-corrected chi connectivity index (χ4v) is 4.01. The van der Waals surface area contributed by atoms with E-state index in [0.717, 1.165) is 19.3 Å². The minimum Gasteiger partial charge on any atom is -0.394 e. The number of hydrogen-bond donors (Lipinski definition) is 2. The average molecular weight is 456 g/mol. The molecule has 0 aliphatic heterocycles. The van der Waals surface area contributed by atoms with Crippen LogP contribution in [0.4, 0.5) is 0 Å². The van der Waals surface area contributed by atoms with E-state index in [1.807, 2.05) is 0 Å². The van der Waals surface area contributed by atoms with Crippen LogP contribution >= 0.6 is 0 Å². The van der Waals surface area contributed by atoms with Gasteiger partial charge in [0.25, 0.3) is 0 Å². The summed E-state index contributed by atoms with van der Waals surface area (Å²) in [5, 5.41) is 8.74. The van der Waals surface area contributed by atoms with Gasteiger partial charge in [0.15, 0.2) is 0 Å². The lowest BCUT2D eigenvalue weighted by atomic mass is 10.0. The van der Waals surface area contributed by atoms with Gasteiger partial charge in [-0.1, -0.05) is 135 Å². The predicted octanol–water partition coefficient (Wildman–Crippen LogP) is 6.98. The smallest absolute Gasteiger partial charge is 0.332 e. The van der Waals surface area contributed by atoms with Gasteiger partial charge in [0.2, 0.25) is 0 Å². The molecule has 190 valence electrons. The van der Waals surface area contributed by atoms with Gasteiger partial charge in [-0.15, -0.1) is 0 Å². The fraction of sp³-hybridized carbons (Fsp3) is 0.926. The minimum absolute atomic E-state index is 0.239. The Hall–Kier alpha value is -0.940. The Morgan fingerprint density at radius 2 is 0.938 bits per heavy atom. The van der Waals surface area contributed by atoms with Crippen molar-refractivity contribution in [1.82, 2.24) is 0 Å². The summed E-state index contributed by atoms with van der Waals surface area (Å²) in [7, 11) is 0. The second-order valence-corrected chi connectivity index (χ2v) is 9.40. The van der Waals surface area contributed by atoms with Gasteiger partial charge in [-0.3, -0.25) is 4.79 Å². The summed E-state index contributed by atoms with van der Waals surface area (Å²) in [5.41, 5.74) is 5.30. The molecule has 0 rings (SSSR count). The van der Waals surface area contributed by atoms with Crippen LogP contribution in [0.3, 0.4) is 0 Å². The van der Waals surface area contributed by atoms with Crippen LogP contribution in [0, 0.1) is 0 Å². The van der Waals surface area contributed by atoms with E-state index in [2.05, 4.69) is 11.7 Å². The number of nitrogens with two attached hydrogens (primary N) is 1. The molecule has 0 saturated heterocycles. The zero-order valence-corrected chi connectivity index (χ0v) is 21.1. The Morgan fingerprint density at radius 3 is 1.25 bits per heavy atom. The van der Waals surface area contributed by atoms with Crippen LogP contribution < -0.4 is 5.73 Å². The monoisotopic (exact) mass is 455 g/mol. The van der Waals surface area contributed by atoms with Gasteiger partial charge in [0.1, 0.15) is 6.04 Å². The number of unbranched alkanes of at least 4 members (excludes halogenated alkanes) is 20. The van der Waals surface area contributed by atoms with Crippen molar-refractivity contribution in [3.05, 3.63) is 0 Å². The van der Waals surface area contributed by atoms with Gasteiger partial charge in [0.05, 0.1) is 6.61 Å². The molecule has 3 N–H and O–H groups in total. The van der Waals surface area contributed by atoms with Crippen molar-refractivity contribution in [3.63, 3.8) is 0 Å². The molecule has 0 aliphatic carbocycles. The Kier molecular flexibility index (Phi) is 24.0. The molecular formula is C27H53NO4. The van der Waals surface area contributed by atoms with E-state index in [0.29, 0.717) is 0 Å². The van der Waals surface area contributed by atoms with Crippen molar-refractivity contribution in [2.45, 2.75) is 154 Å². The molecule has 0 spiro atoms. The maximum absolute atomic E-state index is 11.5. The van der Waals surface area contributed by atoms with Crippen LogP contribution in [0.25, 0.3) is 0 Å². The lowest BCUT2D eigenvalue weighted by Crippen LogP contribution is -2.36. The second kappa shape index (κ2) is 24.7. The minimum atomic E-state index is -1.13. The number of ether oxygens (including phenoxy) is 1. The van der Waals surface area contributed by atoms with Crippen LogP contribution in [-0.4, -0.2) is 29.7 Å². The summed E-state index contributed by atoms with van der Waals surface area (Å²) in [6.07, 6.45) is 28.0. The number of carbonyl (C=O) groups excluding carboxylic acids is 2. The molecule has 0 saturated carbocycles. The molecule has 0 aliphatic rings. The van der Waals surface area contributed by atoms with Crippen LogP contribution in [-0.2, 0) is 14.3 Å². The zero-order valence-electron chi connectivity index (χ0n) is 21.1. The zero-order chi connectivity index (χ0) is 23.7. The van der Waals surface area contributed by atoms with E-state index in [1.165, 1.54) is 116 Å². The van der Waals surface area contributed by atoms with E-state index in [-0.39, 0.29) is 6.42 Å². The van der Waals surface area contributed by atoms with E-state index in [9.17, 15) is 9.59 Å². The lowest BCUT2D eigenvalue weighted by molar-refractivity contribution is -0.161. The molecule has 0 amide bonds. The number of hydrogen-bond acceptors (Lipinski definition) is 5. The third-order valence-corrected chi connectivity index (χ3v) is 6.20. The lowest BCUT2D eigenvalue weighted by Gasteiger charge is -2.07. The normalized spacial score (nSPS) is 12.1. The standard InChI is InChI=1S/C27H53NO4/c1-2-3-4-5-6-7-8-9-10-11-12-13-14-15-16-17-18-19-20-21-22-23-26(30)32-27(31)25(28)24-29/h25,29H,2-24,28H2,1H3. The molecule has 1 atom stereocenters. The Labute approximate surface area is 198 Å². The molecule has 0 heterocycles. The number of aliphatic hydroxyl groups excluding tert-OH is 1. The third kappa shape index (κ3) is 22.3.